The molecule has 1 N–H and O–H groups in total. The van der Waals surface area contributed by atoms with Gasteiger partial charge in [0.15, 0.2) is 0 Å². The Bertz CT molecular complexity index is 595. The summed E-state index contributed by atoms with van der Waals surface area (Å²) in [7, 11) is 0. The first kappa shape index (κ1) is 20.0. The van der Waals surface area contributed by atoms with E-state index < -0.39 is 34.9 Å². The zero-order chi connectivity index (χ0) is 19.0. The fraction of sp³-hybridized carbons (Fsp3) is 0.647. The van der Waals surface area contributed by atoms with E-state index in [-0.39, 0.29) is 11.6 Å². The van der Waals surface area contributed by atoms with Gasteiger partial charge in [-0.1, -0.05) is 26.8 Å². The van der Waals surface area contributed by atoms with E-state index in [1.165, 1.54) is 0 Å². The van der Waals surface area contributed by atoms with Crippen molar-refractivity contribution in [2.45, 2.75) is 39.2 Å². The van der Waals surface area contributed by atoms with Crippen LogP contribution in [0.5, 0.6) is 0 Å². The van der Waals surface area contributed by atoms with E-state index in [4.69, 9.17) is 0 Å². The van der Waals surface area contributed by atoms with Crippen LogP contribution in [0.2, 0.25) is 0 Å². The zero-order valence-corrected chi connectivity index (χ0v) is 14.4. The maximum absolute atomic E-state index is 13.5. The van der Waals surface area contributed by atoms with E-state index in [1.54, 1.807) is 20.8 Å². The summed E-state index contributed by atoms with van der Waals surface area (Å²) >= 11 is 0. The second-order valence-electron chi connectivity index (χ2n) is 7.35. The number of alkyl halides is 6. The van der Waals surface area contributed by atoms with Crippen molar-refractivity contribution in [3.8, 4) is 0 Å². The Hall–Kier alpha value is -1.28. The quantitative estimate of drug-likeness (QED) is 0.760. The number of piperazine rings is 1. The highest BCUT2D eigenvalue weighted by molar-refractivity contribution is 5.38. The van der Waals surface area contributed by atoms with Gasteiger partial charge < -0.3 is 5.32 Å². The summed E-state index contributed by atoms with van der Waals surface area (Å²) < 4.78 is 79.3. The Morgan fingerprint density at radius 1 is 0.920 bits per heavy atom. The summed E-state index contributed by atoms with van der Waals surface area (Å²) in [5.41, 5.74) is -3.16. The molecule has 2 nitrogen and oxygen atoms in total. The molecule has 8 heteroatoms. The van der Waals surface area contributed by atoms with Gasteiger partial charge in [-0.25, -0.2) is 0 Å². The van der Waals surface area contributed by atoms with Crippen LogP contribution in [0.15, 0.2) is 18.2 Å². The molecule has 1 aromatic carbocycles. The highest BCUT2D eigenvalue weighted by Gasteiger charge is 2.43. The van der Waals surface area contributed by atoms with Crippen molar-refractivity contribution in [2.75, 3.05) is 26.2 Å². The van der Waals surface area contributed by atoms with Gasteiger partial charge in [-0.2, -0.15) is 26.3 Å². The average molecular weight is 368 g/mol. The molecule has 1 aliphatic heterocycles. The van der Waals surface area contributed by atoms with Gasteiger partial charge in [0.1, 0.15) is 0 Å². The molecule has 2 rings (SSSR count). The maximum atomic E-state index is 13.5. The highest BCUT2D eigenvalue weighted by Crippen LogP contribution is 2.45. The van der Waals surface area contributed by atoms with Gasteiger partial charge in [-0.05, 0) is 23.1 Å². The highest BCUT2D eigenvalue weighted by atomic mass is 19.4. The zero-order valence-electron chi connectivity index (χ0n) is 14.4. The van der Waals surface area contributed by atoms with E-state index in [9.17, 15) is 26.3 Å². The Kier molecular flexibility index (Phi) is 5.45. The summed E-state index contributed by atoms with van der Waals surface area (Å²) in [5, 5.41) is 3.13. The molecular formula is C17H22F6N2. The van der Waals surface area contributed by atoms with E-state index in [0.29, 0.717) is 26.2 Å². The van der Waals surface area contributed by atoms with Gasteiger partial charge in [0, 0.05) is 32.2 Å². The largest absolute Gasteiger partial charge is 0.416 e. The van der Waals surface area contributed by atoms with Crippen molar-refractivity contribution in [3.05, 3.63) is 34.9 Å². The van der Waals surface area contributed by atoms with E-state index in [0.717, 1.165) is 12.1 Å². The number of hydrogen-bond acceptors (Lipinski definition) is 2. The lowest BCUT2D eigenvalue weighted by Gasteiger charge is -2.43. The first-order chi connectivity index (χ1) is 11.3. The predicted octanol–water partition coefficient (Wildman–Crippen LogP) is 4.72. The van der Waals surface area contributed by atoms with Crippen LogP contribution in [-0.4, -0.2) is 31.1 Å². The SMILES string of the molecule is CC(C)(C)[C@H](c1ccc(C(F)(F)F)cc1C(F)(F)F)N1CCNCC1. The molecule has 0 radical (unpaired) electrons. The summed E-state index contributed by atoms with van der Waals surface area (Å²) in [4.78, 5) is 1.91. The lowest BCUT2D eigenvalue weighted by atomic mass is 9.79. The second kappa shape index (κ2) is 6.79. The third-order valence-electron chi connectivity index (χ3n) is 4.32. The first-order valence-corrected chi connectivity index (χ1v) is 8.05. The summed E-state index contributed by atoms with van der Waals surface area (Å²) in [6.45, 7) is 7.76. The molecule has 1 aliphatic rings. The van der Waals surface area contributed by atoms with Crippen molar-refractivity contribution in [2.24, 2.45) is 5.41 Å². The minimum absolute atomic E-state index is 0.102. The number of rotatable bonds is 2. The monoisotopic (exact) mass is 368 g/mol. The minimum atomic E-state index is -4.85. The van der Waals surface area contributed by atoms with Crippen LogP contribution in [0, 0.1) is 5.41 Å². The number of benzene rings is 1. The molecule has 0 aliphatic carbocycles. The minimum Gasteiger partial charge on any atom is -0.314 e. The standard InChI is InChI=1S/C17H22F6N2/c1-15(2,3)14(25-8-6-24-7-9-25)12-5-4-11(16(18,19)20)10-13(12)17(21,22)23/h4-5,10,14,24H,6-9H2,1-3H3/t14-/m0/s1. The topological polar surface area (TPSA) is 15.3 Å². The fourth-order valence-electron chi connectivity index (χ4n) is 3.37. The summed E-state index contributed by atoms with van der Waals surface area (Å²) in [5.74, 6) is 0. The molecule has 25 heavy (non-hydrogen) atoms. The number of hydrogen-bond donors (Lipinski definition) is 1. The average Bonchev–Trinajstić information content (AvgIpc) is 2.45. The molecule has 0 saturated carbocycles. The van der Waals surface area contributed by atoms with E-state index in [2.05, 4.69) is 5.32 Å². The molecule has 0 spiro atoms. The Labute approximate surface area is 143 Å². The molecule has 1 aromatic rings. The normalized spacial score (nSPS) is 19.1. The molecule has 0 unspecified atom stereocenters. The van der Waals surface area contributed by atoms with Crippen LogP contribution < -0.4 is 5.32 Å². The van der Waals surface area contributed by atoms with Crippen LogP contribution >= 0.6 is 0 Å². The molecule has 1 saturated heterocycles. The Morgan fingerprint density at radius 3 is 1.92 bits per heavy atom. The van der Waals surface area contributed by atoms with Crippen LogP contribution in [-0.2, 0) is 12.4 Å². The molecule has 0 bridgehead atoms. The molecule has 1 heterocycles. The third-order valence-corrected chi connectivity index (χ3v) is 4.32. The van der Waals surface area contributed by atoms with Gasteiger partial charge in [0.25, 0.3) is 0 Å². The van der Waals surface area contributed by atoms with Crippen molar-refractivity contribution < 1.29 is 26.3 Å². The van der Waals surface area contributed by atoms with E-state index in [1.807, 2.05) is 4.90 Å². The predicted molar refractivity (Wildman–Crippen MR) is 83.1 cm³/mol. The lowest BCUT2D eigenvalue weighted by molar-refractivity contribution is -0.144. The van der Waals surface area contributed by atoms with Gasteiger partial charge in [0.05, 0.1) is 11.1 Å². The van der Waals surface area contributed by atoms with Crippen LogP contribution in [0.4, 0.5) is 26.3 Å². The molecule has 0 aromatic heterocycles. The van der Waals surface area contributed by atoms with Gasteiger partial charge >= 0.3 is 12.4 Å². The van der Waals surface area contributed by atoms with Gasteiger partial charge in [0.2, 0.25) is 0 Å². The first-order valence-electron chi connectivity index (χ1n) is 8.05. The van der Waals surface area contributed by atoms with Gasteiger partial charge in [-0.3, -0.25) is 4.90 Å². The number of nitrogens with zero attached hydrogens (tertiary/aromatic N) is 1. The van der Waals surface area contributed by atoms with Crippen LogP contribution in [0.25, 0.3) is 0 Å². The maximum Gasteiger partial charge on any atom is 0.416 e. The Morgan fingerprint density at radius 2 is 1.48 bits per heavy atom. The van der Waals surface area contributed by atoms with Crippen molar-refractivity contribution in [1.29, 1.82) is 0 Å². The summed E-state index contributed by atoms with van der Waals surface area (Å²) in [6, 6.07) is 1.33. The summed E-state index contributed by atoms with van der Waals surface area (Å²) in [6.07, 6.45) is -9.67. The third kappa shape index (κ3) is 4.67. The lowest BCUT2D eigenvalue weighted by Crippen LogP contribution is -2.48. The molecule has 1 atom stereocenters. The second-order valence-corrected chi connectivity index (χ2v) is 7.35. The fourth-order valence-corrected chi connectivity index (χ4v) is 3.37. The number of halogens is 6. The molecule has 0 amide bonds. The van der Waals surface area contributed by atoms with Crippen LogP contribution in [0.3, 0.4) is 0 Å². The smallest absolute Gasteiger partial charge is 0.314 e. The van der Waals surface area contributed by atoms with E-state index >= 15 is 0 Å². The Balaban J connectivity index is 2.60. The van der Waals surface area contributed by atoms with Crippen molar-refractivity contribution in [1.82, 2.24) is 10.2 Å². The molecule has 1 fully saturated rings. The van der Waals surface area contributed by atoms with Gasteiger partial charge in [-0.15, -0.1) is 0 Å². The van der Waals surface area contributed by atoms with Crippen LogP contribution in [0.1, 0.15) is 43.5 Å². The number of nitrogens with one attached hydrogen (secondary N) is 1. The molecular weight excluding hydrogens is 346 g/mol. The van der Waals surface area contributed by atoms with Crippen molar-refractivity contribution >= 4 is 0 Å². The van der Waals surface area contributed by atoms with Crippen molar-refractivity contribution in [3.63, 3.8) is 0 Å². The molecule has 142 valence electrons.